The van der Waals surface area contributed by atoms with Crippen LogP contribution >= 0.6 is 0 Å². The van der Waals surface area contributed by atoms with Gasteiger partial charge < -0.3 is 15.1 Å². The highest BCUT2D eigenvalue weighted by Gasteiger charge is 2.21. The van der Waals surface area contributed by atoms with Gasteiger partial charge in [-0.1, -0.05) is 47.5 Å². The molecule has 0 radical (unpaired) electrons. The standard InChI is InChI=1S/C23H29N3O2/c1-18-6-8-21(9-7-18)23(28)26(17-20-5-3-4-19(2)16-20)13-10-22(27)25-14-11-24-12-15-25/h3-9,16,24H,10-15,17H2,1-2H3. The van der Waals surface area contributed by atoms with E-state index in [2.05, 4.69) is 11.4 Å². The molecule has 28 heavy (non-hydrogen) atoms. The number of piperazine rings is 1. The van der Waals surface area contributed by atoms with Gasteiger partial charge in [-0.15, -0.1) is 0 Å². The molecular formula is C23H29N3O2. The van der Waals surface area contributed by atoms with Crippen LogP contribution in [0.15, 0.2) is 48.5 Å². The molecule has 0 unspecified atom stereocenters. The Labute approximate surface area is 167 Å². The minimum Gasteiger partial charge on any atom is -0.340 e. The van der Waals surface area contributed by atoms with Gasteiger partial charge in [0.25, 0.3) is 5.91 Å². The topological polar surface area (TPSA) is 52.7 Å². The third kappa shape index (κ3) is 5.42. The van der Waals surface area contributed by atoms with E-state index in [0.29, 0.717) is 25.1 Å². The van der Waals surface area contributed by atoms with Gasteiger partial charge in [0, 0.05) is 51.3 Å². The van der Waals surface area contributed by atoms with Crippen LogP contribution in [-0.4, -0.2) is 54.3 Å². The van der Waals surface area contributed by atoms with Crippen LogP contribution in [0, 0.1) is 13.8 Å². The average Bonchev–Trinajstić information content (AvgIpc) is 2.71. The lowest BCUT2D eigenvalue weighted by Gasteiger charge is -2.29. The zero-order valence-corrected chi connectivity index (χ0v) is 16.8. The van der Waals surface area contributed by atoms with Crippen LogP contribution in [0.5, 0.6) is 0 Å². The second-order valence-electron chi connectivity index (χ2n) is 7.46. The normalized spacial score (nSPS) is 14.0. The lowest BCUT2D eigenvalue weighted by Crippen LogP contribution is -2.47. The number of amides is 2. The minimum absolute atomic E-state index is 0.0328. The van der Waals surface area contributed by atoms with Gasteiger partial charge in [0.15, 0.2) is 0 Å². The Morgan fingerprint density at radius 1 is 1.00 bits per heavy atom. The summed E-state index contributed by atoms with van der Waals surface area (Å²) in [5.41, 5.74) is 4.02. The third-order valence-electron chi connectivity index (χ3n) is 5.11. The van der Waals surface area contributed by atoms with E-state index in [1.54, 1.807) is 4.90 Å². The van der Waals surface area contributed by atoms with Crippen molar-refractivity contribution in [3.8, 4) is 0 Å². The maximum atomic E-state index is 13.1. The van der Waals surface area contributed by atoms with Gasteiger partial charge in [0.2, 0.25) is 5.91 Å². The maximum absolute atomic E-state index is 13.1. The predicted octanol–water partition coefficient (Wildman–Crippen LogP) is 2.77. The fraction of sp³-hybridized carbons (Fsp3) is 0.391. The molecule has 1 aliphatic rings. The summed E-state index contributed by atoms with van der Waals surface area (Å²) in [6.45, 7) is 8.12. The van der Waals surface area contributed by atoms with Crippen molar-refractivity contribution in [2.75, 3.05) is 32.7 Å². The molecule has 2 amide bonds. The first-order valence-corrected chi connectivity index (χ1v) is 9.93. The SMILES string of the molecule is Cc1ccc(C(=O)N(CCC(=O)N2CCNCC2)Cc2cccc(C)c2)cc1. The van der Waals surface area contributed by atoms with E-state index in [1.807, 2.05) is 61.2 Å². The molecule has 3 rings (SSSR count). The molecule has 1 N–H and O–H groups in total. The Morgan fingerprint density at radius 3 is 2.39 bits per heavy atom. The van der Waals surface area contributed by atoms with Crippen LogP contribution in [0.2, 0.25) is 0 Å². The Morgan fingerprint density at radius 2 is 1.71 bits per heavy atom. The van der Waals surface area contributed by atoms with E-state index in [4.69, 9.17) is 0 Å². The molecule has 0 spiro atoms. The van der Waals surface area contributed by atoms with Crippen LogP contribution in [0.4, 0.5) is 0 Å². The fourth-order valence-corrected chi connectivity index (χ4v) is 3.46. The summed E-state index contributed by atoms with van der Waals surface area (Å²) in [7, 11) is 0. The number of nitrogens with zero attached hydrogens (tertiary/aromatic N) is 2. The monoisotopic (exact) mass is 379 g/mol. The molecule has 0 saturated carbocycles. The fourth-order valence-electron chi connectivity index (χ4n) is 3.46. The molecule has 0 bridgehead atoms. The highest BCUT2D eigenvalue weighted by atomic mass is 16.2. The average molecular weight is 380 g/mol. The largest absolute Gasteiger partial charge is 0.340 e. The summed E-state index contributed by atoms with van der Waals surface area (Å²) in [5.74, 6) is 0.0852. The van der Waals surface area contributed by atoms with Crippen molar-refractivity contribution >= 4 is 11.8 Å². The van der Waals surface area contributed by atoms with Crippen LogP contribution in [0.3, 0.4) is 0 Å². The number of rotatable bonds is 6. The number of carbonyl (C=O) groups is 2. The molecule has 0 atom stereocenters. The molecule has 148 valence electrons. The molecule has 2 aromatic rings. The predicted molar refractivity (Wildman–Crippen MR) is 111 cm³/mol. The summed E-state index contributed by atoms with van der Waals surface area (Å²) in [6.07, 6.45) is 0.351. The van der Waals surface area contributed by atoms with Crippen molar-refractivity contribution < 1.29 is 9.59 Å². The van der Waals surface area contributed by atoms with E-state index in [-0.39, 0.29) is 11.8 Å². The number of aryl methyl sites for hydroxylation is 2. The first-order chi connectivity index (χ1) is 13.5. The molecular weight excluding hydrogens is 350 g/mol. The zero-order valence-electron chi connectivity index (χ0n) is 16.8. The van der Waals surface area contributed by atoms with E-state index < -0.39 is 0 Å². The Balaban J connectivity index is 1.72. The van der Waals surface area contributed by atoms with Crippen molar-refractivity contribution in [2.45, 2.75) is 26.8 Å². The summed E-state index contributed by atoms with van der Waals surface area (Å²) < 4.78 is 0. The lowest BCUT2D eigenvalue weighted by atomic mass is 10.1. The van der Waals surface area contributed by atoms with Gasteiger partial charge in [-0.05, 0) is 31.5 Å². The number of benzene rings is 2. The van der Waals surface area contributed by atoms with Gasteiger partial charge in [0.1, 0.15) is 0 Å². The maximum Gasteiger partial charge on any atom is 0.254 e. The molecule has 0 aliphatic carbocycles. The molecule has 5 nitrogen and oxygen atoms in total. The van der Waals surface area contributed by atoms with Gasteiger partial charge in [0.05, 0.1) is 0 Å². The molecule has 1 heterocycles. The van der Waals surface area contributed by atoms with Gasteiger partial charge in [-0.25, -0.2) is 0 Å². The third-order valence-corrected chi connectivity index (χ3v) is 5.11. The molecule has 1 aliphatic heterocycles. The smallest absolute Gasteiger partial charge is 0.254 e. The van der Waals surface area contributed by atoms with Crippen LogP contribution in [0.1, 0.15) is 33.5 Å². The first kappa shape index (κ1) is 20.1. The van der Waals surface area contributed by atoms with Crippen molar-refractivity contribution in [1.29, 1.82) is 0 Å². The van der Waals surface area contributed by atoms with Crippen molar-refractivity contribution in [3.63, 3.8) is 0 Å². The number of hydrogen-bond acceptors (Lipinski definition) is 3. The molecule has 1 saturated heterocycles. The quantitative estimate of drug-likeness (QED) is 0.840. The second kappa shape index (κ2) is 9.51. The van der Waals surface area contributed by atoms with Crippen LogP contribution in [0.25, 0.3) is 0 Å². The Bertz CT molecular complexity index is 811. The summed E-state index contributed by atoms with van der Waals surface area (Å²) >= 11 is 0. The molecule has 5 heteroatoms. The van der Waals surface area contributed by atoms with Gasteiger partial charge >= 0.3 is 0 Å². The van der Waals surface area contributed by atoms with E-state index in [1.165, 1.54) is 0 Å². The highest BCUT2D eigenvalue weighted by Crippen LogP contribution is 2.14. The van der Waals surface area contributed by atoms with Crippen molar-refractivity contribution in [1.82, 2.24) is 15.1 Å². The number of nitrogens with one attached hydrogen (secondary N) is 1. The minimum atomic E-state index is -0.0328. The van der Waals surface area contributed by atoms with Crippen LogP contribution in [-0.2, 0) is 11.3 Å². The molecule has 2 aromatic carbocycles. The van der Waals surface area contributed by atoms with Crippen LogP contribution < -0.4 is 5.32 Å². The van der Waals surface area contributed by atoms with E-state index in [9.17, 15) is 9.59 Å². The second-order valence-corrected chi connectivity index (χ2v) is 7.46. The molecule has 0 aromatic heterocycles. The van der Waals surface area contributed by atoms with Gasteiger partial charge in [-0.3, -0.25) is 9.59 Å². The summed E-state index contributed by atoms with van der Waals surface area (Å²) in [5, 5.41) is 3.26. The van der Waals surface area contributed by atoms with Crippen molar-refractivity contribution in [3.05, 3.63) is 70.8 Å². The van der Waals surface area contributed by atoms with E-state index in [0.717, 1.165) is 42.9 Å². The lowest BCUT2D eigenvalue weighted by molar-refractivity contribution is -0.132. The van der Waals surface area contributed by atoms with Crippen molar-refractivity contribution in [2.24, 2.45) is 0 Å². The molecule has 1 fully saturated rings. The van der Waals surface area contributed by atoms with Gasteiger partial charge in [-0.2, -0.15) is 0 Å². The van der Waals surface area contributed by atoms with E-state index >= 15 is 0 Å². The summed E-state index contributed by atoms with van der Waals surface area (Å²) in [4.78, 5) is 29.4. The summed E-state index contributed by atoms with van der Waals surface area (Å²) in [6, 6.07) is 15.8. The number of carbonyl (C=O) groups excluding carboxylic acids is 2. The number of hydrogen-bond donors (Lipinski definition) is 1. The Kier molecular flexibility index (Phi) is 6.82. The first-order valence-electron chi connectivity index (χ1n) is 9.93. The Hall–Kier alpha value is -2.66. The zero-order chi connectivity index (χ0) is 19.9. The highest BCUT2D eigenvalue weighted by molar-refractivity contribution is 5.94.